The highest BCUT2D eigenvalue weighted by molar-refractivity contribution is 5.39. The van der Waals surface area contributed by atoms with Gasteiger partial charge in [0.1, 0.15) is 0 Å². The Bertz CT molecular complexity index is 323. The number of aryl methyl sites for hydroxylation is 3. The molecule has 1 aromatic rings. The zero-order valence-corrected chi connectivity index (χ0v) is 10.9. The Hall–Kier alpha value is -0.780. The second-order valence-corrected chi connectivity index (χ2v) is 4.69. The molecule has 1 rings (SSSR count). The molecule has 0 fully saturated rings. The van der Waals surface area contributed by atoms with E-state index < -0.39 is 0 Å². The van der Waals surface area contributed by atoms with E-state index in [1.807, 2.05) is 0 Å². The van der Waals surface area contributed by atoms with Crippen molar-refractivity contribution >= 4 is 0 Å². The number of benzene rings is 1. The van der Waals surface area contributed by atoms with Crippen molar-refractivity contribution in [3.8, 4) is 0 Å². The summed E-state index contributed by atoms with van der Waals surface area (Å²) in [5.41, 5.74) is 6.01. The van der Waals surface area contributed by atoms with Crippen molar-refractivity contribution in [3.63, 3.8) is 0 Å². The van der Waals surface area contributed by atoms with Gasteiger partial charge in [-0.2, -0.15) is 0 Å². The van der Waals surface area contributed by atoms with E-state index in [0.717, 1.165) is 0 Å². The molecular formula is C15H24. The molecule has 0 aliphatic heterocycles. The molecule has 84 valence electrons. The quantitative estimate of drug-likeness (QED) is 0.662. The fraction of sp³-hybridized carbons (Fsp3) is 0.600. The predicted molar refractivity (Wildman–Crippen MR) is 68.6 cm³/mol. The second-order valence-electron chi connectivity index (χ2n) is 4.69. The van der Waals surface area contributed by atoms with Crippen molar-refractivity contribution < 1.29 is 0 Å². The lowest BCUT2D eigenvalue weighted by Gasteiger charge is -2.17. The Kier molecular flexibility index (Phi) is 4.38. The van der Waals surface area contributed by atoms with Gasteiger partial charge in [0.2, 0.25) is 0 Å². The molecule has 0 aromatic heterocycles. The SMILES string of the molecule is CCCc1cc(C)c(C)cc1C(C)CC. The van der Waals surface area contributed by atoms with Gasteiger partial charge < -0.3 is 0 Å². The molecule has 0 aliphatic carbocycles. The summed E-state index contributed by atoms with van der Waals surface area (Å²) in [4.78, 5) is 0. The van der Waals surface area contributed by atoms with Gasteiger partial charge in [0, 0.05) is 0 Å². The first-order chi connectivity index (χ1) is 7.10. The van der Waals surface area contributed by atoms with Crippen molar-refractivity contribution in [1.82, 2.24) is 0 Å². The van der Waals surface area contributed by atoms with E-state index in [1.165, 1.54) is 30.4 Å². The molecule has 0 spiro atoms. The Labute approximate surface area is 94.7 Å². The van der Waals surface area contributed by atoms with Crippen LogP contribution in [-0.4, -0.2) is 0 Å². The third kappa shape index (κ3) is 2.84. The molecule has 0 amide bonds. The molecule has 1 atom stereocenters. The Morgan fingerprint density at radius 3 is 2.20 bits per heavy atom. The van der Waals surface area contributed by atoms with E-state index in [-0.39, 0.29) is 0 Å². The summed E-state index contributed by atoms with van der Waals surface area (Å²) in [6.07, 6.45) is 3.70. The Balaban J connectivity index is 3.15. The highest BCUT2D eigenvalue weighted by Gasteiger charge is 2.10. The summed E-state index contributed by atoms with van der Waals surface area (Å²) in [5, 5.41) is 0. The van der Waals surface area contributed by atoms with Gasteiger partial charge in [0.15, 0.2) is 0 Å². The highest BCUT2D eigenvalue weighted by Crippen LogP contribution is 2.26. The third-order valence-corrected chi connectivity index (χ3v) is 3.42. The number of hydrogen-bond donors (Lipinski definition) is 0. The van der Waals surface area contributed by atoms with Crippen LogP contribution in [0.4, 0.5) is 0 Å². The van der Waals surface area contributed by atoms with Crippen molar-refractivity contribution in [3.05, 3.63) is 34.4 Å². The summed E-state index contributed by atoms with van der Waals surface area (Å²) >= 11 is 0. The molecular weight excluding hydrogens is 180 g/mol. The van der Waals surface area contributed by atoms with Crippen molar-refractivity contribution in [1.29, 1.82) is 0 Å². The molecule has 0 saturated heterocycles. The molecule has 0 heterocycles. The van der Waals surface area contributed by atoms with Gasteiger partial charge in [-0.05, 0) is 54.9 Å². The molecule has 0 nitrogen and oxygen atoms in total. The van der Waals surface area contributed by atoms with E-state index in [0.29, 0.717) is 5.92 Å². The van der Waals surface area contributed by atoms with E-state index in [1.54, 1.807) is 11.1 Å². The maximum atomic E-state index is 2.40. The lowest BCUT2D eigenvalue weighted by molar-refractivity contribution is 0.716. The van der Waals surface area contributed by atoms with Gasteiger partial charge in [-0.3, -0.25) is 0 Å². The van der Waals surface area contributed by atoms with E-state index in [9.17, 15) is 0 Å². The van der Waals surface area contributed by atoms with Gasteiger partial charge >= 0.3 is 0 Å². The summed E-state index contributed by atoms with van der Waals surface area (Å²) < 4.78 is 0. The smallest absolute Gasteiger partial charge is 0.0190 e. The van der Waals surface area contributed by atoms with Crippen molar-refractivity contribution in [2.24, 2.45) is 0 Å². The first kappa shape index (κ1) is 12.3. The zero-order chi connectivity index (χ0) is 11.4. The van der Waals surface area contributed by atoms with Crippen LogP contribution in [0.3, 0.4) is 0 Å². The average Bonchev–Trinajstić information content (AvgIpc) is 2.22. The fourth-order valence-electron chi connectivity index (χ4n) is 2.06. The van der Waals surface area contributed by atoms with Crippen LogP contribution in [0.25, 0.3) is 0 Å². The molecule has 0 saturated carbocycles. The van der Waals surface area contributed by atoms with Crippen LogP contribution in [0, 0.1) is 13.8 Å². The first-order valence-corrected chi connectivity index (χ1v) is 6.20. The van der Waals surface area contributed by atoms with Crippen LogP contribution in [0.1, 0.15) is 61.8 Å². The van der Waals surface area contributed by atoms with Crippen LogP contribution in [-0.2, 0) is 6.42 Å². The van der Waals surface area contributed by atoms with Gasteiger partial charge in [-0.15, -0.1) is 0 Å². The minimum absolute atomic E-state index is 0.700. The predicted octanol–water partition coefficient (Wildman–Crippen LogP) is 4.77. The Morgan fingerprint density at radius 1 is 1.07 bits per heavy atom. The fourth-order valence-corrected chi connectivity index (χ4v) is 2.06. The molecule has 0 aliphatic rings. The third-order valence-electron chi connectivity index (χ3n) is 3.42. The molecule has 0 N–H and O–H groups in total. The molecule has 0 heteroatoms. The first-order valence-electron chi connectivity index (χ1n) is 6.20. The van der Waals surface area contributed by atoms with E-state index >= 15 is 0 Å². The molecule has 0 radical (unpaired) electrons. The lowest BCUT2D eigenvalue weighted by atomic mass is 9.88. The van der Waals surface area contributed by atoms with Crippen molar-refractivity contribution in [2.45, 2.75) is 59.8 Å². The highest BCUT2D eigenvalue weighted by atomic mass is 14.1. The van der Waals surface area contributed by atoms with Crippen LogP contribution < -0.4 is 0 Å². The van der Waals surface area contributed by atoms with Crippen molar-refractivity contribution in [2.75, 3.05) is 0 Å². The maximum Gasteiger partial charge on any atom is -0.0190 e. The van der Waals surface area contributed by atoms with Crippen LogP contribution >= 0.6 is 0 Å². The molecule has 0 bridgehead atoms. The maximum absolute atomic E-state index is 2.40. The summed E-state index contributed by atoms with van der Waals surface area (Å²) in [7, 11) is 0. The summed E-state index contributed by atoms with van der Waals surface area (Å²) in [6.45, 7) is 11.3. The van der Waals surface area contributed by atoms with Gasteiger partial charge in [-0.25, -0.2) is 0 Å². The lowest BCUT2D eigenvalue weighted by Crippen LogP contribution is -2.00. The minimum Gasteiger partial charge on any atom is -0.0651 e. The van der Waals surface area contributed by atoms with Crippen LogP contribution in [0.5, 0.6) is 0 Å². The van der Waals surface area contributed by atoms with Gasteiger partial charge in [0.25, 0.3) is 0 Å². The summed E-state index contributed by atoms with van der Waals surface area (Å²) in [6, 6.07) is 4.79. The Morgan fingerprint density at radius 2 is 1.67 bits per heavy atom. The number of hydrogen-bond acceptors (Lipinski definition) is 0. The average molecular weight is 204 g/mol. The van der Waals surface area contributed by atoms with Gasteiger partial charge in [-0.1, -0.05) is 39.3 Å². The van der Waals surface area contributed by atoms with Crippen LogP contribution in [0.2, 0.25) is 0 Å². The van der Waals surface area contributed by atoms with E-state index in [2.05, 4.69) is 46.8 Å². The summed E-state index contributed by atoms with van der Waals surface area (Å²) in [5.74, 6) is 0.700. The normalized spacial score (nSPS) is 12.9. The largest absolute Gasteiger partial charge is 0.0651 e. The van der Waals surface area contributed by atoms with Gasteiger partial charge in [0.05, 0.1) is 0 Å². The zero-order valence-electron chi connectivity index (χ0n) is 10.9. The molecule has 1 unspecified atom stereocenters. The minimum atomic E-state index is 0.700. The topological polar surface area (TPSA) is 0 Å². The number of rotatable bonds is 4. The molecule has 1 aromatic carbocycles. The monoisotopic (exact) mass is 204 g/mol. The van der Waals surface area contributed by atoms with E-state index in [4.69, 9.17) is 0 Å². The van der Waals surface area contributed by atoms with Crippen LogP contribution in [0.15, 0.2) is 12.1 Å². The molecule has 15 heavy (non-hydrogen) atoms. The standard InChI is InChI=1S/C15H24/c1-6-8-14-9-12(4)13(5)10-15(14)11(3)7-2/h9-11H,6-8H2,1-5H3. The second kappa shape index (κ2) is 5.34.